The van der Waals surface area contributed by atoms with Gasteiger partial charge < -0.3 is 0 Å². The van der Waals surface area contributed by atoms with Gasteiger partial charge in [-0.15, -0.1) is 0 Å². The van der Waals surface area contributed by atoms with Crippen LogP contribution in [0, 0.1) is 26.6 Å². The van der Waals surface area contributed by atoms with Gasteiger partial charge in [0.2, 0.25) is 0 Å². The van der Waals surface area contributed by atoms with Crippen LogP contribution in [-0.2, 0) is 14.4 Å². The molecule has 0 bridgehead atoms. The average Bonchev–Trinajstić information content (AvgIpc) is 4.25. The third kappa shape index (κ3) is 9.88. The number of anilines is 6. The van der Waals surface area contributed by atoms with E-state index in [-0.39, 0.29) is 31.0 Å². The predicted molar refractivity (Wildman–Crippen MR) is 298 cm³/mol. The minimum Gasteiger partial charge on any atom is -0.274 e. The third-order valence-electron chi connectivity index (χ3n) is 11.6. The lowest BCUT2D eigenvalue weighted by Crippen LogP contribution is -2.24. The summed E-state index contributed by atoms with van der Waals surface area (Å²) in [4.78, 5) is 57.6. The fraction of sp³-hybridized carbons (Fsp3) is 0.0690. The highest BCUT2D eigenvalue weighted by Crippen LogP contribution is 2.40. The first-order valence-electron chi connectivity index (χ1n) is 22.3. The lowest BCUT2D eigenvalue weighted by molar-refractivity contribution is -0.112. The highest BCUT2D eigenvalue weighted by molar-refractivity contribution is 7.09. The van der Waals surface area contributed by atoms with Crippen LogP contribution in [0.4, 0.5) is 55.6 Å². The lowest BCUT2D eigenvalue weighted by atomic mass is 10.1. The monoisotopic (exact) mass is 1020 g/mol. The molecule has 0 spiro atoms. The quantitative estimate of drug-likeness (QED) is 0.166. The van der Waals surface area contributed by atoms with Gasteiger partial charge in [0.25, 0.3) is 17.7 Å². The standard InChI is InChI=1S/C19H13ClN2OS.C19H13FN2OS.C19H14N2OS.CH4/c1-12-6-7-13(10-16(12)20)21-18-15-4-2-3-5-17(15)22(19(18)23)14-8-9-24-11-14;1-12-8-13(20)10-14(9-12)21-18-16-4-2-3-5-17(16)22(19(18)23)15-6-7-24-11-15;1-13-6-8-14(9-7-13)20-18-16-4-2-3-5-17(16)21(19(18)22)15-10-11-23-12-15;/h2*2-11H,1H3;2-12H,1H3;1H4. The van der Waals surface area contributed by atoms with Crippen molar-refractivity contribution in [1.29, 1.82) is 0 Å². The number of para-hydroxylation sites is 3. The van der Waals surface area contributed by atoms with Gasteiger partial charge in [0.1, 0.15) is 23.0 Å². The van der Waals surface area contributed by atoms with Crippen LogP contribution in [-0.4, -0.2) is 34.9 Å². The van der Waals surface area contributed by atoms with Crippen LogP contribution in [0.15, 0.2) is 199 Å². The summed E-state index contributed by atoms with van der Waals surface area (Å²) in [7, 11) is 0. The zero-order valence-electron chi connectivity index (χ0n) is 38.3. The number of benzene rings is 6. The van der Waals surface area contributed by atoms with Crippen molar-refractivity contribution in [2.75, 3.05) is 14.7 Å². The molecule has 9 aromatic rings. The number of amides is 3. The smallest absolute Gasteiger partial charge is 0.274 e. The second-order valence-electron chi connectivity index (χ2n) is 16.6. The Labute approximate surface area is 433 Å². The summed E-state index contributed by atoms with van der Waals surface area (Å²) in [6.45, 7) is 5.77. The first-order valence-corrected chi connectivity index (χ1v) is 25.5. The highest BCUT2D eigenvalue weighted by Gasteiger charge is 2.37. The summed E-state index contributed by atoms with van der Waals surface area (Å²) in [6, 6.07) is 46.8. The van der Waals surface area contributed by atoms with Gasteiger partial charge in [0, 0.05) is 37.9 Å². The van der Waals surface area contributed by atoms with Crippen molar-refractivity contribution < 1.29 is 18.8 Å². The van der Waals surface area contributed by atoms with Crippen LogP contribution in [0.25, 0.3) is 0 Å². The molecule has 3 amide bonds. The molecule has 0 aliphatic carbocycles. The summed E-state index contributed by atoms with van der Waals surface area (Å²) >= 11 is 10.8. The number of nitrogens with zero attached hydrogens (tertiary/aromatic N) is 6. The number of hydrogen-bond acceptors (Lipinski definition) is 9. The molecule has 14 heteroatoms. The van der Waals surface area contributed by atoms with Crippen LogP contribution in [0.3, 0.4) is 0 Å². The Kier molecular flexibility index (Phi) is 14.4. The van der Waals surface area contributed by atoms with E-state index in [9.17, 15) is 18.8 Å². The van der Waals surface area contributed by atoms with E-state index in [1.165, 1.54) is 29.0 Å². The summed E-state index contributed by atoms with van der Waals surface area (Å²) in [5, 5.41) is 12.4. The summed E-state index contributed by atoms with van der Waals surface area (Å²) in [5.74, 6) is -0.754. The Bertz CT molecular complexity index is 3550. The van der Waals surface area contributed by atoms with Crippen LogP contribution >= 0.6 is 45.6 Å². The predicted octanol–water partition coefficient (Wildman–Crippen LogP) is 16.0. The molecule has 0 radical (unpaired) electrons. The molecular formula is C58H44ClFN6O3S3. The zero-order valence-corrected chi connectivity index (χ0v) is 41.5. The summed E-state index contributed by atoms with van der Waals surface area (Å²) in [6.07, 6.45) is 0. The fourth-order valence-corrected chi connectivity index (χ4v) is 10.3. The molecule has 3 aliphatic rings. The van der Waals surface area contributed by atoms with E-state index in [0.29, 0.717) is 33.5 Å². The van der Waals surface area contributed by atoms with Crippen LogP contribution in [0.5, 0.6) is 0 Å². The van der Waals surface area contributed by atoms with E-state index in [1.54, 1.807) is 56.4 Å². The fourth-order valence-electron chi connectivity index (χ4n) is 8.28. The molecule has 3 aliphatic heterocycles. The number of aryl methyl sites for hydroxylation is 3. The SMILES string of the molecule is C.Cc1cc(F)cc(N=C2C(=O)N(c3ccsc3)c3ccccc32)c1.Cc1ccc(N=C2C(=O)N(c3ccsc3)c3ccccc32)cc1.Cc1ccc(N=C2C(=O)N(c3ccsc3)c3ccccc32)cc1Cl. The van der Waals surface area contributed by atoms with E-state index in [0.717, 1.165) is 67.6 Å². The van der Waals surface area contributed by atoms with Gasteiger partial charge in [0.05, 0.1) is 51.2 Å². The van der Waals surface area contributed by atoms with Gasteiger partial charge in [-0.05, 0) is 127 Å². The van der Waals surface area contributed by atoms with Crippen molar-refractivity contribution in [3.8, 4) is 0 Å². The molecule has 12 rings (SSSR count). The van der Waals surface area contributed by atoms with E-state index >= 15 is 0 Å². The molecule has 0 saturated heterocycles. The minimum atomic E-state index is -0.359. The van der Waals surface area contributed by atoms with Crippen molar-refractivity contribution in [2.45, 2.75) is 28.2 Å². The molecule has 0 N–H and O–H groups in total. The number of hydrogen-bond donors (Lipinski definition) is 0. The van der Waals surface area contributed by atoms with Crippen molar-refractivity contribution in [2.24, 2.45) is 15.0 Å². The van der Waals surface area contributed by atoms with E-state index < -0.39 is 0 Å². The maximum absolute atomic E-state index is 13.6. The Morgan fingerprint density at radius 2 is 0.847 bits per heavy atom. The lowest BCUT2D eigenvalue weighted by Gasteiger charge is -2.14. The van der Waals surface area contributed by atoms with Gasteiger partial charge in [-0.3, -0.25) is 29.1 Å². The van der Waals surface area contributed by atoms with E-state index in [1.807, 2.05) is 174 Å². The minimum absolute atomic E-state index is 0. The molecule has 3 aromatic heterocycles. The molecule has 0 saturated carbocycles. The van der Waals surface area contributed by atoms with Crippen molar-refractivity contribution >= 4 is 132 Å². The Morgan fingerprint density at radius 3 is 1.25 bits per heavy atom. The number of carbonyl (C=O) groups is 3. The van der Waals surface area contributed by atoms with Crippen LogP contribution in [0.2, 0.25) is 5.02 Å². The molecule has 9 nitrogen and oxygen atoms in total. The second kappa shape index (κ2) is 21.2. The number of fused-ring (bicyclic) bond motifs is 3. The first kappa shape index (κ1) is 49.1. The first-order chi connectivity index (χ1) is 34.5. The number of aliphatic imine (C=N–C) groups is 3. The average molecular weight is 1020 g/mol. The van der Waals surface area contributed by atoms with Gasteiger partial charge in [-0.1, -0.05) is 97.4 Å². The Hall–Kier alpha value is -7.94. The Morgan fingerprint density at radius 1 is 0.444 bits per heavy atom. The largest absolute Gasteiger partial charge is 0.282 e. The zero-order chi connectivity index (χ0) is 49.2. The van der Waals surface area contributed by atoms with Gasteiger partial charge in [-0.2, -0.15) is 34.0 Å². The van der Waals surface area contributed by atoms with Gasteiger partial charge >= 0.3 is 0 Å². The number of carbonyl (C=O) groups excluding carboxylic acids is 3. The molecular weight excluding hydrogens is 979 g/mol. The molecule has 356 valence electrons. The number of rotatable bonds is 6. The van der Waals surface area contributed by atoms with E-state index in [2.05, 4.69) is 15.0 Å². The van der Waals surface area contributed by atoms with E-state index in [4.69, 9.17) is 11.6 Å². The Balaban J connectivity index is 0.000000132. The normalized spacial score (nSPS) is 15.0. The molecule has 0 unspecified atom stereocenters. The van der Waals surface area contributed by atoms with Gasteiger partial charge in [-0.25, -0.2) is 19.4 Å². The molecule has 6 heterocycles. The highest BCUT2D eigenvalue weighted by atomic mass is 35.5. The van der Waals surface area contributed by atoms with Crippen molar-refractivity contribution in [3.63, 3.8) is 0 Å². The third-order valence-corrected chi connectivity index (χ3v) is 14.1. The molecule has 0 fully saturated rings. The van der Waals surface area contributed by atoms with Crippen molar-refractivity contribution in [1.82, 2.24) is 0 Å². The summed E-state index contributed by atoms with van der Waals surface area (Å²) < 4.78 is 13.6. The van der Waals surface area contributed by atoms with Crippen molar-refractivity contribution in [3.05, 3.63) is 228 Å². The van der Waals surface area contributed by atoms with Crippen LogP contribution in [0.1, 0.15) is 40.8 Å². The maximum atomic E-state index is 13.6. The molecule has 6 aromatic carbocycles. The topological polar surface area (TPSA) is 98.0 Å². The maximum Gasteiger partial charge on any atom is 0.282 e. The molecule has 0 atom stereocenters. The summed E-state index contributed by atoms with van der Waals surface area (Å²) in [5.41, 5.74) is 13.7. The second-order valence-corrected chi connectivity index (χ2v) is 19.3. The van der Waals surface area contributed by atoms with Gasteiger partial charge in [0.15, 0.2) is 0 Å². The number of thiophene rings is 3. The number of halogens is 2. The molecule has 72 heavy (non-hydrogen) atoms. The van der Waals surface area contributed by atoms with Crippen LogP contribution < -0.4 is 14.7 Å².